The monoisotopic (exact) mass is 231 g/mol. The topological polar surface area (TPSA) is 136 Å². The second kappa shape index (κ2) is 6.91. The molecule has 16 heavy (non-hydrogen) atoms. The van der Waals surface area contributed by atoms with E-state index in [-0.39, 0.29) is 12.8 Å². The summed E-state index contributed by atoms with van der Waals surface area (Å²) in [6, 6.07) is -1.92. The van der Waals surface area contributed by atoms with Crippen molar-refractivity contribution in [1.29, 1.82) is 0 Å². The molecular formula is C9H17N3O4. The number of nitrogens with one attached hydrogen (secondary N) is 1. The number of amides is 2. The molecule has 0 saturated heterocycles. The van der Waals surface area contributed by atoms with Crippen LogP contribution in [0.3, 0.4) is 0 Å². The van der Waals surface area contributed by atoms with Crippen LogP contribution in [-0.2, 0) is 14.4 Å². The lowest BCUT2D eigenvalue weighted by molar-refractivity contribution is -0.127. The van der Waals surface area contributed by atoms with Crippen molar-refractivity contribution < 1.29 is 19.5 Å². The fourth-order valence-electron chi connectivity index (χ4n) is 0.970. The van der Waals surface area contributed by atoms with Gasteiger partial charge in [0, 0.05) is 6.42 Å². The van der Waals surface area contributed by atoms with E-state index in [1.807, 2.05) is 0 Å². The van der Waals surface area contributed by atoms with Crippen molar-refractivity contribution in [2.45, 2.75) is 38.0 Å². The predicted octanol–water partition coefficient (Wildman–Crippen LogP) is -2.36. The summed E-state index contributed by atoms with van der Waals surface area (Å²) in [4.78, 5) is 32.4. The average molecular weight is 231 g/mol. The van der Waals surface area contributed by atoms with Crippen molar-refractivity contribution in [2.24, 2.45) is 11.5 Å². The molecule has 0 aliphatic rings. The van der Waals surface area contributed by atoms with Gasteiger partial charge in [-0.05, 0) is 13.3 Å². The van der Waals surface area contributed by atoms with E-state index in [1.165, 1.54) is 6.92 Å². The van der Waals surface area contributed by atoms with Gasteiger partial charge >= 0.3 is 0 Å². The fraction of sp³-hybridized carbons (Fsp3) is 0.667. The molecule has 0 spiro atoms. The van der Waals surface area contributed by atoms with E-state index >= 15 is 0 Å². The number of primary amides is 1. The van der Waals surface area contributed by atoms with Crippen molar-refractivity contribution >= 4 is 18.1 Å². The molecule has 0 heterocycles. The number of hydrogen-bond donors (Lipinski definition) is 4. The molecule has 0 unspecified atom stereocenters. The zero-order valence-corrected chi connectivity index (χ0v) is 9.05. The highest BCUT2D eigenvalue weighted by molar-refractivity contribution is 5.85. The summed E-state index contributed by atoms with van der Waals surface area (Å²) < 4.78 is 0. The summed E-state index contributed by atoms with van der Waals surface area (Å²) in [5.74, 6) is -1.20. The third-order valence-corrected chi connectivity index (χ3v) is 2.02. The molecule has 3 atom stereocenters. The van der Waals surface area contributed by atoms with Crippen LogP contribution in [0.2, 0.25) is 0 Å². The van der Waals surface area contributed by atoms with Crippen molar-refractivity contribution in [2.75, 3.05) is 0 Å². The second-order valence-corrected chi connectivity index (χ2v) is 3.52. The smallest absolute Gasteiger partial charge is 0.240 e. The Morgan fingerprint density at radius 3 is 2.44 bits per heavy atom. The maximum Gasteiger partial charge on any atom is 0.240 e. The number of carbonyl (C=O) groups is 3. The predicted molar refractivity (Wildman–Crippen MR) is 56.1 cm³/mol. The maximum atomic E-state index is 11.3. The van der Waals surface area contributed by atoms with Gasteiger partial charge < -0.3 is 26.7 Å². The third-order valence-electron chi connectivity index (χ3n) is 2.02. The summed E-state index contributed by atoms with van der Waals surface area (Å²) in [6.45, 7) is 1.36. The third kappa shape index (κ3) is 5.42. The summed E-state index contributed by atoms with van der Waals surface area (Å²) in [7, 11) is 0. The molecule has 0 aromatic carbocycles. The molecule has 0 rings (SSSR count). The zero-order valence-electron chi connectivity index (χ0n) is 9.05. The first kappa shape index (κ1) is 14.5. The van der Waals surface area contributed by atoms with Crippen LogP contribution >= 0.6 is 0 Å². The van der Waals surface area contributed by atoms with E-state index in [0.717, 1.165) is 0 Å². The van der Waals surface area contributed by atoms with Gasteiger partial charge in [0.05, 0.1) is 12.1 Å². The summed E-state index contributed by atoms with van der Waals surface area (Å²) in [5.41, 5.74) is 10.3. The first-order valence-corrected chi connectivity index (χ1v) is 4.86. The van der Waals surface area contributed by atoms with E-state index in [4.69, 9.17) is 16.6 Å². The molecule has 0 fully saturated rings. The van der Waals surface area contributed by atoms with E-state index in [1.54, 1.807) is 0 Å². The highest BCUT2D eigenvalue weighted by atomic mass is 16.3. The molecule has 0 aliphatic heterocycles. The number of hydrogen-bond acceptors (Lipinski definition) is 5. The molecule has 0 aromatic rings. The van der Waals surface area contributed by atoms with Crippen LogP contribution < -0.4 is 16.8 Å². The minimum atomic E-state index is -1.10. The van der Waals surface area contributed by atoms with Crippen molar-refractivity contribution in [3.05, 3.63) is 0 Å². The van der Waals surface area contributed by atoms with Gasteiger partial charge in [-0.2, -0.15) is 0 Å². The molecule has 7 heteroatoms. The van der Waals surface area contributed by atoms with Crippen LogP contribution in [0, 0.1) is 0 Å². The van der Waals surface area contributed by atoms with Crippen molar-refractivity contribution in [3.8, 4) is 0 Å². The lowest BCUT2D eigenvalue weighted by Crippen LogP contribution is -2.50. The molecule has 0 saturated carbocycles. The highest BCUT2D eigenvalue weighted by Crippen LogP contribution is 1.96. The van der Waals surface area contributed by atoms with Gasteiger partial charge in [-0.3, -0.25) is 9.59 Å². The molecule has 92 valence electrons. The SMILES string of the molecule is C[C@H](O)[C@@H](N)C(=O)N[C@H](C=O)CCC(N)=O. The van der Waals surface area contributed by atoms with E-state index in [0.29, 0.717) is 6.29 Å². The molecule has 0 bridgehead atoms. The van der Waals surface area contributed by atoms with Gasteiger partial charge in [-0.25, -0.2) is 0 Å². The van der Waals surface area contributed by atoms with Crippen LogP contribution in [0.25, 0.3) is 0 Å². The first-order valence-electron chi connectivity index (χ1n) is 4.86. The Hall–Kier alpha value is -1.47. The van der Waals surface area contributed by atoms with E-state index in [9.17, 15) is 14.4 Å². The van der Waals surface area contributed by atoms with Crippen molar-refractivity contribution in [3.63, 3.8) is 0 Å². The van der Waals surface area contributed by atoms with Gasteiger partial charge in [0.25, 0.3) is 0 Å². The minimum absolute atomic E-state index is 0.00635. The highest BCUT2D eigenvalue weighted by Gasteiger charge is 2.21. The van der Waals surface area contributed by atoms with Crippen LogP contribution in [-0.4, -0.2) is 41.4 Å². The molecule has 2 amide bonds. The van der Waals surface area contributed by atoms with Crippen LogP contribution in [0.4, 0.5) is 0 Å². The quantitative estimate of drug-likeness (QED) is 0.363. The summed E-state index contributed by atoms with van der Waals surface area (Å²) in [6.07, 6.45) is -0.399. The van der Waals surface area contributed by atoms with Gasteiger partial charge in [0.2, 0.25) is 11.8 Å². The van der Waals surface area contributed by atoms with E-state index in [2.05, 4.69) is 5.32 Å². The molecular weight excluding hydrogens is 214 g/mol. The fourth-order valence-corrected chi connectivity index (χ4v) is 0.970. The molecule has 6 N–H and O–H groups in total. The molecule has 0 aliphatic carbocycles. The number of aliphatic hydroxyl groups is 1. The average Bonchev–Trinajstić information content (AvgIpc) is 2.22. The number of carbonyl (C=O) groups excluding carboxylic acids is 3. The normalized spacial score (nSPS) is 15.9. The summed E-state index contributed by atoms with van der Waals surface area (Å²) >= 11 is 0. The lowest BCUT2D eigenvalue weighted by Gasteiger charge is -2.17. The Morgan fingerprint density at radius 1 is 1.50 bits per heavy atom. The van der Waals surface area contributed by atoms with Crippen LogP contribution in [0.1, 0.15) is 19.8 Å². The maximum absolute atomic E-state index is 11.3. The number of aliphatic hydroxyl groups excluding tert-OH is 1. The van der Waals surface area contributed by atoms with E-state index < -0.39 is 30.0 Å². The second-order valence-electron chi connectivity index (χ2n) is 3.52. The minimum Gasteiger partial charge on any atom is -0.391 e. The molecule has 7 nitrogen and oxygen atoms in total. The Morgan fingerprint density at radius 2 is 2.06 bits per heavy atom. The largest absolute Gasteiger partial charge is 0.391 e. The van der Waals surface area contributed by atoms with Gasteiger partial charge in [-0.15, -0.1) is 0 Å². The van der Waals surface area contributed by atoms with Gasteiger partial charge in [-0.1, -0.05) is 0 Å². The number of nitrogens with two attached hydrogens (primary N) is 2. The Kier molecular flexibility index (Phi) is 6.28. The Bertz CT molecular complexity index is 267. The number of aldehydes is 1. The van der Waals surface area contributed by atoms with Crippen molar-refractivity contribution in [1.82, 2.24) is 5.32 Å². The van der Waals surface area contributed by atoms with Gasteiger partial charge in [0.15, 0.2) is 0 Å². The molecule has 0 aromatic heterocycles. The lowest BCUT2D eigenvalue weighted by atomic mass is 10.1. The first-order chi connectivity index (χ1) is 7.38. The molecule has 0 radical (unpaired) electrons. The van der Waals surface area contributed by atoms with Crippen LogP contribution in [0.15, 0.2) is 0 Å². The summed E-state index contributed by atoms with van der Waals surface area (Å²) in [5, 5.41) is 11.4. The van der Waals surface area contributed by atoms with Gasteiger partial charge in [0.1, 0.15) is 12.3 Å². The number of rotatable bonds is 7. The Labute approximate surface area is 93.2 Å². The zero-order chi connectivity index (χ0) is 12.7. The Balaban J connectivity index is 4.16. The standard InChI is InChI=1S/C9H17N3O4/c1-5(14)8(11)9(16)12-6(4-13)2-3-7(10)15/h4-6,8,14H,2-3,11H2,1H3,(H2,10,15)(H,12,16)/t5-,6-,8+/m0/s1. The van der Waals surface area contributed by atoms with Crippen LogP contribution in [0.5, 0.6) is 0 Å².